The molecule has 1 aromatic rings. The van der Waals surface area contributed by atoms with Crippen molar-refractivity contribution in [3.05, 3.63) is 29.6 Å². The quantitative estimate of drug-likeness (QED) is 0.790. The molecular weight excluding hydrogens is 259 g/mol. The van der Waals surface area contributed by atoms with Gasteiger partial charge in [0.2, 0.25) is 0 Å². The first-order chi connectivity index (χ1) is 9.52. The Morgan fingerprint density at radius 1 is 1.30 bits per heavy atom. The van der Waals surface area contributed by atoms with E-state index in [1.165, 1.54) is 25.3 Å². The van der Waals surface area contributed by atoms with Crippen LogP contribution in [0, 0.1) is 11.7 Å². The number of hydrogen-bond donors (Lipinski definition) is 0. The van der Waals surface area contributed by atoms with Crippen LogP contribution in [0.2, 0.25) is 0 Å². The van der Waals surface area contributed by atoms with Gasteiger partial charge in [-0.25, -0.2) is 4.39 Å². The van der Waals surface area contributed by atoms with Gasteiger partial charge in [-0.3, -0.25) is 4.79 Å². The monoisotopic (exact) mass is 280 g/mol. The molecule has 110 valence electrons. The van der Waals surface area contributed by atoms with E-state index in [1.54, 1.807) is 7.11 Å². The summed E-state index contributed by atoms with van der Waals surface area (Å²) in [5, 5.41) is 0. The molecular formula is C16H21FO3. The maximum Gasteiger partial charge on any atom is 0.198 e. The van der Waals surface area contributed by atoms with Crippen molar-refractivity contribution in [3.8, 4) is 5.75 Å². The Morgan fingerprint density at radius 2 is 1.95 bits per heavy atom. The molecule has 1 fully saturated rings. The Morgan fingerprint density at radius 3 is 2.50 bits per heavy atom. The van der Waals surface area contributed by atoms with Crippen LogP contribution in [0.4, 0.5) is 4.39 Å². The summed E-state index contributed by atoms with van der Waals surface area (Å²) in [5.41, 5.74) is -0.572. The summed E-state index contributed by atoms with van der Waals surface area (Å²) >= 11 is 0. The molecule has 1 aliphatic carbocycles. The van der Waals surface area contributed by atoms with Gasteiger partial charge in [0.1, 0.15) is 17.2 Å². The molecule has 0 saturated heterocycles. The highest BCUT2D eigenvalue weighted by molar-refractivity contribution is 6.04. The van der Waals surface area contributed by atoms with E-state index in [0.717, 1.165) is 12.8 Å². The fraction of sp³-hybridized carbons (Fsp3) is 0.562. The Kier molecular flexibility index (Phi) is 4.43. The Hall–Kier alpha value is -1.42. The Bertz CT molecular complexity index is 490. The van der Waals surface area contributed by atoms with Crippen LogP contribution >= 0.6 is 0 Å². The van der Waals surface area contributed by atoms with E-state index in [0.29, 0.717) is 24.5 Å². The predicted octanol–water partition coefficient (Wildman–Crippen LogP) is 3.61. The van der Waals surface area contributed by atoms with Crippen molar-refractivity contribution >= 4 is 5.78 Å². The number of ether oxygens (including phenoxy) is 2. The van der Waals surface area contributed by atoms with E-state index < -0.39 is 11.4 Å². The van der Waals surface area contributed by atoms with Gasteiger partial charge in [0.15, 0.2) is 5.78 Å². The van der Waals surface area contributed by atoms with Gasteiger partial charge >= 0.3 is 0 Å². The zero-order chi connectivity index (χ0) is 14.8. The van der Waals surface area contributed by atoms with Gasteiger partial charge in [0.05, 0.1) is 12.7 Å². The molecule has 0 amide bonds. The van der Waals surface area contributed by atoms with Crippen molar-refractivity contribution in [1.82, 2.24) is 0 Å². The second-order valence-electron chi connectivity index (χ2n) is 5.55. The van der Waals surface area contributed by atoms with E-state index in [2.05, 4.69) is 6.92 Å². The minimum Gasteiger partial charge on any atom is -0.496 e. The molecule has 0 radical (unpaired) electrons. The molecule has 1 saturated carbocycles. The van der Waals surface area contributed by atoms with Crippen molar-refractivity contribution in [2.75, 3.05) is 14.2 Å². The van der Waals surface area contributed by atoms with Crippen LogP contribution in [-0.2, 0) is 4.74 Å². The molecule has 2 rings (SSSR count). The number of hydrogen-bond acceptors (Lipinski definition) is 3. The van der Waals surface area contributed by atoms with Crippen molar-refractivity contribution < 1.29 is 18.7 Å². The normalized spacial score (nSPS) is 26.3. The summed E-state index contributed by atoms with van der Waals surface area (Å²) in [5.74, 6) is 0.375. The number of ketones is 1. The zero-order valence-electron chi connectivity index (χ0n) is 12.2. The average molecular weight is 280 g/mol. The van der Waals surface area contributed by atoms with Gasteiger partial charge in [0.25, 0.3) is 0 Å². The molecule has 0 bridgehead atoms. The van der Waals surface area contributed by atoms with E-state index in [1.807, 2.05) is 0 Å². The molecule has 0 N–H and O–H groups in total. The maximum atomic E-state index is 13.5. The van der Waals surface area contributed by atoms with Crippen LogP contribution in [0.1, 0.15) is 43.0 Å². The number of carbonyl (C=O) groups is 1. The molecule has 0 unspecified atom stereocenters. The van der Waals surface area contributed by atoms with Crippen LogP contribution in [0.3, 0.4) is 0 Å². The highest BCUT2D eigenvalue weighted by Gasteiger charge is 2.42. The molecule has 0 atom stereocenters. The standard InChI is InChI=1S/C16H21FO3/c1-11-6-8-16(20-3,9-7-11)15(18)13-10-12(17)4-5-14(13)19-2/h4-5,10-11H,6-9H2,1-3H3. The summed E-state index contributed by atoms with van der Waals surface area (Å²) in [4.78, 5) is 12.8. The first-order valence-corrected chi connectivity index (χ1v) is 6.96. The van der Waals surface area contributed by atoms with Crippen LogP contribution in [0.25, 0.3) is 0 Å². The van der Waals surface area contributed by atoms with Gasteiger partial charge in [0, 0.05) is 7.11 Å². The highest BCUT2D eigenvalue weighted by atomic mass is 19.1. The van der Waals surface area contributed by atoms with Gasteiger partial charge in [-0.2, -0.15) is 0 Å². The molecule has 1 aromatic carbocycles. The molecule has 4 heteroatoms. The molecule has 20 heavy (non-hydrogen) atoms. The third kappa shape index (κ3) is 2.70. The van der Waals surface area contributed by atoms with E-state index >= 15 is 0 Å². The van der Waals surface area contributed by atoms with Crippen molar-refractivity contribution in [2.24, 2.45) is 5.92 Å². The van der Waals surface area contributed by atoms with Crippen LogP contribution in [0.5, 0.6) is 5.75 Å². The smallest absolute Gasteiger partial charge is 0.198 e. The molecule has 0 aromatic heterocycles. The minimum absolute atomic E-state index is 0.178. The predicted molar refractivity (Wildman–Crippen MR) is 74.7 cm³/mol. The first kappa shape index (κ1) is 15.0. The summed E-state index contributed by atoms with van der Waals surface area (Å²) < 4.78 is 24.2. The SMILES string of the molecule is COc1ccc(F)cc1C(=O)C1(OC)CCC(C)CC1. The van der Waals surface area contributed by atoms with Crippen LogP contribution < -0.4 is 4.74 Å². The van der Waals surface area contributed by atoms with Gasteiger partial charge < -0.3 is 9.47 Å². The fourth-order valence-electron chi connectivity index (χ4n) is 2.86. The number of carbonyl (C=O) groups excluding carboxylic acids is 1. The second-order valence-corrected chi connectivity index (χ2v) is 5.55. The zero-order valence-corrected chi connectivity index (χ0v) is 12.2. The van der Waals surface area contributed by atoms with Crippen molar-refractivity contribution in [1.29, 1.82) is 0 Å². The Balaban J connectivity index is 2.36. The summed E-state index contributed by atoms with van der Waals surface area (Å²) in [6, 6.07) is 4.01. The third-order valence-electron chi connectivity index (χ3n) is 4.29. The van der Waals surface area contributed by atoms with E-state index in [4.69, 9.17) is 9.47 Å². The first-order valence-electron chi connectivity index (χ1n) is 6.96. The lowest BCUT2D eigenvalue weighted by molar-refractivity contribution is -0.0264. The highest BCUT2D eigenvalue weighted by Crippen LogP contribution is 2.38. The number of halogens is 1. The lowest BCUT2D eigenvalue weighted by Gasteiger charge is -2.37. The number of methoxy groups -OCH3 is 2. The average Bonchev–Trinajstić information content (AvgIpc) is 2.47. The minimum atomic E-state index is -0.840. The van der Waals surface area contributed by atoms with Gasteiger partial charge in [-0.05, 0) is 49.8 Å². The molecule has 0 heterocycles. The van der Waals surface area contributed by atoms with Crippen molar-refractivity contribution in [3.63, 3.8) is 0 Å². The number of benzene rings is 1. The lowest BCUT2D eigenvalue weighted by Crippen LogP contribution is -2.44. The Labute approximate surface area is 119 Å². The second kappa shape index (κ2) is 5.92. The molecule has 0 aliphatic heterocycles. The lowest BCUT2D eigenvalue weighted by atomic mass is 9.75. The maximum absolute atomic E-state index is 13.5. The van der Waals surface area contributed by atoms with Crippen LogP contribution in [0.15, 0.2) is 18.2 Å². The van der Waals surface area contributed by atoms with E-state index in [-0.39, 0.29) is 11.3 Å². The third-order valence-corrected chi connectivity index (χ3v) is 4.29. The van der Waals surface area contributed by atoms with Gasteiger partial charge in [-0.1, -0.05) is 6.92 Å². The molecule has 0 spiro atoms. The summed E-state index contributed by atoms with van der Waals surface area (Å²) in [6.07, 6.45) is 3.22. The summed E-state index contributed by atoms with van der Waals surface area (Å²) in [6.45, 7) is 2.17. The van der Waals surface area contributed by atoms with Crippen LogP contribution in [-0.4, -0.2) is 25.6 Å². The number of rotatable bonds is 4. The summed E-state index contributed by atoms with van der Waals surface area (Å²) in [7, 11) is 3.03. The fourth-order valence-corrected chi connectivity index (χ4v) is 2.86. The number of Topliss-reactive ketones (excluding diaryl/α,β-unsaturated/α-hetero) is 1. The molecule has 3 nitrogen and oxygen atoms in total. The topological polar surface area (TPSA) is 35.5 Å². The van der Waals surface area contributed by atoms with E-state index in [9.17, 15) is 9.18 Å². The van der Waals surface area contributed by atoms with Gasteiger partial charge in [-0.15, -0.1) is 0 Å². The largest absolute Gasteiger partial charge is 0.496 e. The van der Waals surface area contributed by atoms with Crippen molar-refractivity contribution in [2.45, 2.75) is 38.2 Å². The molecule has 1 aliphatic rings.